The molecule has 0 aliphatic rings. The zero-order valence-electron chi connectivity index (χ0n) is 68.5. The monoisotopic (exact) mass is 1520 g/mol. The van der Waals surface area contributed by atoms with Crippen LogP contribution in [-0.4, -0.2) is 96.7 Å². The van der Waals surface area contributed by atoms with Crippen molar-refractivity contribution >= 4 is 39.5 Å². The summed E-state index contributed by atoms with van der Waals surface area (Å²) in [6.07, 6.45) is 65.2. The number of carbonyl (C=O) groups is 4. The zero-order chi connectivity index (χ0) is 76.5. The van der Waals surface area contributed by atoms with Gasteiger partial charge in [-0.3, -0.25) is 37.3 Å². The van der Waals surface area contributed by atoms with E-state index in [9.17, 15) is 43.2 Å². The number of phosphoric ester groups is 2. The van der Waals surface area contributed by atoms with Gasteiger partial charge in [-0.1, -0.05) is 395 Å². The second kappa shape index (κ2) is 75.1. The number of aliphatic hydroxyl groups is 1. The predicted octanol–water partition coefficient (Wildman–Crippen LogP) is 25.7. The van der Waals surface area contributed by atoms with Gasteiger partial charge in [0.25, 0.3) is 0 Å². The minimum Gasteiger partial charge on any atom is -0.462 e. The average Bonchev–Trinajstić information content (AvgIpc) is 0.912. The van der Waals surface area contributed by atoms with Crippen LogP contribution in [0.1, 0.15) is 447 Å². The van der Waals surface area contributed by atoms with Gasteiger partial charge in [-0.25, -0.2) is 9.13 Å². The van der Waals surface area contributed by atoms with Gasteiger partial charge in [0.1, 0.15) is 19.3 Å². The van der Waals surface area contributed by atoms with E-state index in [2.05, 4.69) is 48.5 Å². The summed E-state index contributed by atoms with van der Waals surface area (Å²) in [5.74, 6) is 0.313. The molecule has 0 aromatic rings. The van der Waals surface area contributed by atoms with E-state index in [0.29, 0.717) is 25.7 Å². The van der Waals surface area contributed by atoms with Crippen molar-refractivity contribution in [2.24, 2.45) is 17.8 Å². The molecule has 0 aliphatic heterocycles. The predicted molar refractivity (Wildman–Crippen MR) is 428 cm³/mol. The Hall–Kier alpha value is -1.94. The van der Waals surface area contributed by atoms with Gasteiger partial charge in [0.15, 0.2) is 12.2 Å². The maximum Gasteiger partial charge on any atom is 0.472 e. The number of aliphatic hydroxyl groups excluding tert-OH is 1. The van der Waals surface area contributed by atoms with Gasteiger partial charge in [0.05, 0.1) is 26.4 Å². The van der Waals surface area contributed by atoms with Gasteiger partial charge < -0.3 is 33.8 Å². The fourth-order valence-corrected chi connectivity index (χ4v) is 14.8. The van der Waals surface area contributed by atoms with Gasteiger partial charge in [-0.2, -0.15) is 0 Å². The van der Waals surface area contributed by atoms with Crippen LogP contribution < -0.4 is 0 Å². The highest BCUT2D eigenvalue weighted by Gasteiger charge is 2.30. The van der Waals surface area contributed by atoms with E-state index in [-0.39, 0.29) is 25.7 Å². The third-order valence-corrected chi connectivity index (χ3v) is 21.8. The Bertz CT molecular complexity index is 2010. The van der Waals surface area contributed by atoms with E-state index >= 15 is 0 Å². The summed E-state index contributed by atoms with van der Waals surface area (Å²) in [7, 11) is -9.92. The van der Waals surface area contributed by atoms with Crippen molar-refractivity contribution in [3.63, 3.8) is 0 Å². The van der Waals surface area contributed by atoms with Crippen LogP contribution in [0.3, 0.4) is 0 Å². The summed E-state index contributed by atoms with van der Waals surface area (Å²) in [6, 6.07) is 0. The number of rotatable bonds is 83. The zero-order valence-corrected chi connectivity index (χ0v) is 70.3. The molecule has 17 nitrogen and oxygen atoms in total. The van der Waals surface area contributed by atoms with Crippen LogP contribution in [0.2, 0.25) is 0 Å². The van der Waals surface area contributed by atoms with Gasteiger partial charge in [0, 0.05) is 25.7 Å². The molecule has 0 saturated heterocycles. The van der Waals surface area contributed by atoms with Gasteiger partial charge >= 0.3 is 39.5 Å². The summed E-state index contributed by atoms with van der Waals surface area (Å²) >= 11 is 0. The lowest BCUT2D eigenvalue weighted by Crippen LogP contribution is -2.30. The summed E-state index contributed by atoms with van der Waals surface area (Å²) < 4.78 is 68.8. The van der Waals surface area contributed by atoms with E-state index in [1.807, 2.05) is 0 Å². The first-order valence-electron chi connectivity index (χ1n) is 43.8. The van der Waals surface area contributed by atoms with E-state index in [0.717, 1.165) is 108 Å². The minimum absolute atomic E-state index is 0.108. The highest BCUT2D eigenvalue weighted by molar-refractivity contribution is 7.47. The molecule has 0 heterocycles. The molecular formula is C85H166O17P2. The third kappa shape index (κ3) is 78.2. The Morgan fingerprint density at radius 3 is 0.654 bits per heavy atom. The van der Waals surface area contributed by atoms with Crippen LogP contribution in [0.5, 0.6) is 0 Å². The molecule has 0 aromatic carbocycles. The number of ether oxygens (including phenoxy) is 4. The van der Waals surface area contributed by atoms with Crippen LogP contribution in [0.15, 0.2) is 0 Å². The van der Waals surface area contributed by atoms with Crippen LogP contribution in [-0.2, 0) is 65.4 Å². The SMILES string of the molecule is CCCCCCCCCCCC(=O)OC[C@H](COP(=O)(O)OC[C@H](O)COP(=O)(O)OC[C@@H](COC(=O)CCCCCCCCCCCCCCCCCC(C)C)OC(=O)CCCCCCCCCCCCCCCCCCC(C)C)OC(=O)CCCCCCCCCCCCCCCCCC(C)C. The van der Waals surface area contributed by atoms with Gasteiger partial charge in [-0.15, -0.1) is 0 Å². The normalized spacial score (nSPS) is 13.9. The lowest BCUT2D eigenvalue weighted by molar-refractivity contribution is -0.161. The number of hydrogen-bond acceptors (Lipinski definition) is 15. The smallest absolute Gasteiger partial charge is 0.462 e. The molecule has 0 fully saturated rings. The molecule has 2 unspecified atom stereocenters. The minimum atomic E-state index is -4.96. The Labute approximate surface area is 638 Å². The molecule has 0 radical (unpaired) electrons. The van der Waals surface area contributed by atoms with Crippen molar-refractivity contribution in [2.45, 2.75) is 465 Å². The summed E-state index contributed by atoms with van der Waals surface area (Å²) in [5, 5.41) is 10.7. The first kappa shape index (κ1) is 102. The van der Waals surface area contributed by atoms with E-state index in [1.54, 1.807) is 0 Å². The second-order valence-corrected chi connectivity index (χ2v) is 34.9. The average molecular weight is 1520 g/mol. The summed E-state index contributed by atoms with van der Waals surface area (Å²) in [5.41, 5.74) is 0. The molecular weight excluding hydrogens is 1350 g/mol. The van der Waals surface area contributed by atoms with Gasteiger partial charge in [-0.05, 0) is 43.4 Å². The lowest BCUT2D eigenvalue weighted by atomic mass is 10.0. The van der Waals surface area contributed by atoms with Crippen molar-refractivity contribution in [1.29, 1.82) is 0 Å². The third-order valence-electron chi connectivity index (χ3n) is 19.9. The number of hydrogen-bond donors (Lipinski definition) is 3. The van der Waals surface area contributed by atoms with Crippen LogP contribution in [0.4, 0.5) is 0 Å². The Kier molecular flexibility index (Phi) is 73.7. The summed E-state index contributed by atoms with van der Waals surface area (Å²) in [6.45, 7) is 12.0. The topological polar surface area (TPSA) is 237 Å². The lowest BCUT2D eigenvalue weighted by Gasteiger charge is -2.21. The molecule has 0 saturated carbocycles. The highest BCUT2D eigenvalue weighted by Crippen LogP contribution is 2.45. The number of unbranched alkanes of at least 4 members (excludes halogenated alkanes) is 51. The fraction of sp³-hybridized carbons (Fsp3) is 0.953. The quantitative estimate of drug-likeness (QED) is 0.0222. The number of phosphoric acid groups is 2. The standard InChI is InChI=1S/C85H166O17P2/c1-8-9-10-11-12-35-45-52-59-66-82(87)95-72-80(101-84(89)69-62-55-48-41-34-28-22-16-19-25-31-38-44-51-58-65-78(6)7)74-99-103(91,92)97-70-79(86)71-98-104(93,94)100-75-81(73-96-83(88)67-60-53-46-39-32-26-21-15-18-24-30-37-43-50-57-64-77(4)5)102-85(90)68-61-54-47-40-33-27-20-14-13-17-23-29-36-42-49-56-63-76(2)3/h76-81,86H,8-75H2,1-7H3,(H,91,92)(H,93,94)/t79-,80+,81+/m0/s1. The van der Waals surface area contributed by atoms with E-state index < -0.39 is 97.5 Å². The first-order chi connectivity index (χ1) is 50.2. The largest absolute Gasteiger partial charge is 0.472 e. The Balaban J connectivity index is 5.21. The highest BCUT2D eigenvalue weighted by atomic mass is 31.2. The number of carbonyl (C=O) groups excluding carboxylic acids is 4. The Morgan fingerprint density at radius 1 is 0.260 bits per heavy atom. The maximum absolute atomic E-state index is 13.1. The van der Waals surface area contributed by atoms with Crippen LogP contribution in [0, 0.1) is 17.8 Å². The van der Waals surface area contributed by atoms with Gasteiger partial charge in [0.2, 0.25) is 0 Å². The van der Waals surface area contributed by atoms with Crippen molar-refractivity contribution < 1.29 is 80.2 Å². The molecule has 0 spiro atoms. The molecule has 19 heteroatoms. The molecule has 0 rings (SSSR count). The van der Waals surface area contributed by atoms with Crippen LogP contribution >= 0.6 is 15.6 Å². The molecule has 618 valence electrons. The molecule has 5 atom stereocenters. The maximum atomic E-state index is 13.1. The van der Waals surface area contributed by atoms with Crippen molar-refractivity contribution in [3.8, 4) is 0 Å². The van der Waals surface area contributed by atoms with Crippen LogP contribution in [0.25, 0.3) is 0 Å². The Morgan fingerprint density at radius 2 is 0.442 bits per heavy atom. The molecule has 3 N–H and O–H groups in total. The van der Waals surface area contributed by atoms with E-state index in [1.165, 1.54) is 257 Å². The first-order valence-corrected chi connectivity index (χ1v) is 46.8. The molecule has 0 bridgehead atoms. The molecule has 0 aromatic heterocycles. The van der Waals surface area contributed by atoms with Crippen molar-refractivity contribution in [1.82, 2.24) is 0 Å². The van der Waals surface area contributed by atoms with E-state index in [4.69, 9.17) is 37.0 Å². The molecule has 104 heavy (non-hydrogen) atoms. The summed E-state index contributed by atoms with van der Waals surface area (Å²) in [4.78, 5) is 73.1. The molecule has 0 amide bonds. The fourth-order valence-electron chi connectivity index (χ4n) is 13.2. The second-order valence-electron chi connectivity index (χ2n) is 32.0. The molecule has 0 aliphatic carbocycles. The van der Waals surface area contributed by atoms with Crippen molar-refractivity contribution in [2.75, 3.05) is 39.6 Å². The van der Waals surface area contributed by atoms with Crippen molar-refractivity contribution in [3.05, 3.63) is 0 Å². The number of esters is 4.